The van der Waals surface area contributed by atoms with Gasteiger partial charge in [-0.25, -0.2) is 18.1 Å². The van der Waals surface area contributed by atoms with E-state index in [2.05, 4.69) is 77.8 Å². The number of nitrogens with zero attached hydrogens (tertiary/aromatic N) is 6. The van der Waals surface area contributed by atoms with E-state index in [1.807, 2.05) is 24.3 Å². The van der Waals surface area contributed by atoms with Crippen molar-refractivity contribution >= 4 is 78.9 Å². The van der Waals surface area contributed by atoms with Crippen molar-refractivity contribution in [3.8, 4) is 23.3 Å². The van der Waals surface area contributed by atoms with Crippen LogP contribution in [0.1, 0.15) is 109 Å². The number of rotatable bonds is 20. The van der Waals surface area contributed by atoms with Gasteiger partial charge in [0.25, 0.3) is 27.5 Å². The number of nitro benzene ring substituents is 1. The largest absolute Gasteiger partial charge is 0.455 e. The van der Waals surface area contributed by atoms with Gasteiger partial charge in [0.05, 0.1) is 28.2 Å². The third-order valence-electron chi connectivity index (χ3n) is 17.1. The number of carbonyl (C=O) groups is 4. The molecule has 0 bridgehead atoms. The first-order valence-corrected chi connectivity index (χ1v) is 31.6. The molecule has 11 rings (SSSR count). The summed E-state index contributed by atoms with van der Waals surface area (Å²) < 4.78 is 42.5. The number of halogens is 1. The van der Waals surface area contributed by atoms with Gasteiger partial charge in [-0.15, -0.1) is 0 Å². The number of hydrogen-bond donors (Lipinski definition) is 4. The summed E-state index contributed by atoms with van der Waals surface area (Å²) in [7, 11) is -4.64. The van der Waals surface area contributed by atoms with Crippen molar-refractivity contribution in [3.05, 3.63) is 152 Å². The Balaban J connectivity index is 0.668. The lowest BCUT2D eigenvalue weighted by Gasteiger charge is -2.39. The third-order valence-corrected chi connectivity index (χ3v) is 18.7. The maximum atomic E-state index is 14.2. The molecule has 3 saturated heterocycles. The number of aromatic amines is 1. The quantitative estimate of drug-likeness (QED) is 0.0183. The Bertz CT molecular complexity index is 3830. The van der Waals surface area contributed by atoms with E-state index in [0.717, 1.165) is 105 Å². The number of likely N-dealkylation sites (tertiary alicyclic amines) is 1. The molecule has 0 spiro atoms. The number of H-pyrrole nitrogens is 1. The predicted octanol–water partition coefficient (Wildman–Crippen LogP) is 9.55. The highest BCUT2D eigenvalue weighted by Gasteiger charge is 2.39. The number of nitro groups is 1. The summed E-state index contributed by atoms with van der Waals surface area (Å²) in [5, 5.41) is 19.5. The minimum absolute atomic E-state index is 0.0580. The Morgan fingerprint density at radius 3 is 2.56 bits per heavy atom. The van der Waals surface area contributed by atoms with Crippen LogP contribution in [-0.2, 0) is 30.9 Å². The maximum absolute atomic E-state index is 14.2. The summed E-state index contributed by atoms with van der Waals surface area (Å²) in [5.41, 5.74) is 7.51. The molecule has 5 aliphatic rings. The number of aromatic nitrogens is 2. The van der Waals surface area contributed by atoms with Crippen LogP contribution >= 0.6 is 11.6 Å². The monoisotopic (exact) mass is 1220 g/mol. The number of hydrogen-bond acceptors (Lipinski definition) is 15. The molecule has 4 amide bonds. The number of allylic oxidation sites excluding steroid dienone is 1. The maximum Gasteiger partial charge on any atom is 0.293 e. The lowest BCUT2D eigenvalue weighted by atomic mass is 9.72. The zero-order chi connectivity index (χ0) is 60.8. The lowest BCUT2D eigenvalue weighted by molar-refractivity contribution is -0.384. The number of benzene rings is 4. The molecular weight excluding hydrogens is 1150 g/mol. The minimum Gasteiger partial charge on any atom is -0.455 e. The summed E-state index contributed by atoms with van der Waals surface area (Å²) in [6.45, 7) is 12.7. The second kappa shape index (κ2) is 26.5. The van der Waals surface area contributed by atoms with Crippen molar-refractivity contribution in [2.75, 3.05) is 82.3 Å². The smallest absolute Gasteiger partial charge is 0.293 e. The number of ether oxygens (including phenoxy) is 2. The summed E-state index contributed by atoms with van der Waals surface area (Å²) in [6.07, 6.45) is 10.1. The topological polar surface area (TPSA) is 242 Å². The number of unbranched alkanes of at least 4 members (excludes halogenated alkanes) is 1. The first kappa shape index (κ1) is 60.6. The highest BCUT2D eigenvalue weighted by molar-refractivity contribution is 7.90. The van der Waals surface area contributed by atoms with Crippen LogP contribution in [0.3, 0.4) is 0 Å². The average molecular weight is 1220 g/mol. The molecule has 0 saturated carbocycles. The molecule has 3 fully saturated rings. The van der Waals surface area contributed by atoms with Crippen molar-refractivity contribution in [2.45, 2.75) is 89.1 Å². The molecule has 4 N–H and O–H groups in total. The van der Waals surface area contributed by atoms with E-state index in [9.17, 15) is 37.7 Å². The first-order valence-electron chi connectivity index (χ1n) is 29.8. The van der Waals surface area contributed by atoms with Gasteiger partial charge in [-0.05, 0) is 146 Å². The standard InChI is InChI=1S/C65H71ClN10O10S/c1-65(2)23-21-47(55(37-65)45-10-12-49(66)13-11-45)41-73-26-28-74(29-27-73)50-14-17-54(59(35-50)86-51-34-46-22-24-67-61(46)69-39-51)62(78)71-87(83,84)52-15-18-56(58(36-52)76(81)82)68-38-44-8-6-25-72(40-44)30-32-85-31-5-3-4-7-43-9-16-53-48(33-43)42-75(64(53)80)57-19-20-60(77)70-63(57)79/h9-18,22,24,33-36,39,44,57,68H,3,5-6,8,19-21,23,25-32,37-38,40-42H2,1-2H3,(H,67,69)(H,71,78)(H,70,77,79). The molecular formula is C65H71ClN10O10S. The van der Waals surface area contributed by atoms with E-state index in [-0.39, 0.29) is 46.6 Å². The number of piperidine rings is 2. The van der Waals surface area contributed by atoms with Gasteiger partial charge in [0.2, 0.25) is 11.8 Å². The second-order valence-electron chi connectivity index (χ2n) is 23.9. The SMILES string of the molecule is CC1(C)CCC(CN2CCN(c3ccc(C(=O)NS(=O)(=O)c4ccc(NCC5CCCN(CCOCCCC#Cc6ccc7c(c6)CN(C6CCC(=O)NC6=O)C7=O)C5)c([N+](=O)[O-])c4)c(Oc4cnc5[nH]ccc5c4)c3)CC2)=C(c2ccc(Cl)cc2)C1. The molecule has 0 radical (unpaired) electrons. The number of pyridine rings is 1. The van der Waals surface area contributed by atoms with Crippen LogP contribution in [0.15, 0.2) is 114 Å². The molecule has 2 atom stereocenters. The molecule has 4 aromatic carbocycles. The number of anilines is 2. The first-order chi connectivity index (χ1) is 41.9. The van der Waals surface area contributed by atoms with Crippen LogP contribution in [0.4, 0.5) is 17.1 Å². The Morgan fingerprint density at radius 1 is 0.931 bits per heavy atom. The number of nitrogens with one attached hydrogen (secondary N) is 4. The third kappa shape index (κ3) is 14.7. The van der Waals surface area contributed by atoms with Crippen molar-refractivity contribution < 1.29 is 42.0 Å². The Morgan fingerprint density at radius 2 is 1.76 bits per heavy atom. The number of imide groups is 1. The van der Waals surface area contributed by atoms with E-state index in [4.69, 9.17) is 21.1 Å². The molecule has 2 aromatic heterocycles. The molecule has 20 nitrogen and oxygen atoms in total. The second-order valence-corrected chi connectivity index (χ2v) is 26.0. The summed E-state index contributed by atoms with van der Waals surface area (Å²) >= 11 is 6.27. The highest BCUT2D eigenvalue weighted by Crippen LogP contribution is 2.44. The van der Waals surface area contributed by atoms with E-state index in [1.54, 1.807) is 42.6 Å². The fourth-order valence-corrected chi connectivity index (χ4v) is 13.5. The van der Waals surface area contributed by atoms with Gasteiger partial charge in [0.15, 0.2) is 0 Å². The summed E-state index contributed by atoms with van der Waals surface area (Å²) in [4.78, 5) is 78.7. The van der Waals surface area contributed by atoms with Crippen molar-refractivity contribution in [1.29, 1.82) is 0 Å². The molecule has 1 aliphatic carbocycles. The van der Waals surface area contributed by atoms with Crippen molar-refractivity contribution in [2.24, 2.45) is 11.3 Å². The number of amides is 4. The van der Waals surface area contributed by atoms with E-state index in [0.29, 0.717) is 75.7 Å². The van der Waals surface area contributed by atoms with Gasteiger partial charge in [-0.3, -0.25) is 39.5 Å². The molecule has 87 heavy (non-hydrogen) atoms. The van der Waals surface area contributed by atoms with E-state index >= 15 is 0 Å². The van der Waals surface area contributed by atoms with Gasteiger partial charge >= 0.3 is 0 Å². The average Bonchev–Trinajstić information content (AvgIpc) is 2.62. The lowest BCUT2D eigenvalue weighted by Crippen LogP contribution is -2.52. The number of piperazine rings is 1. The summed E-state index contributed by atoms with van der Waals surface area (Å²) in [6, 6.07) is 25.2. The number of carbonyl (C=O) groups excluding carboxylic acids is 4. The van der Waals surface area contributed by atoms with Crippen LogP contribution in [0.5, 0.6) is 11.5 Å². The van der Waals surface area contributed by atoms with Crippen LogP contribution in [0, 0.1) is 33.3 Å². The molecule has 6 heterocycles. The fourth-order valence-electron chi connectivity index (χ4n) is 12.3. The zero-order valence-electron chi connectivity index (χ0n) is 48.9. The molecule has 22 heteroatoms. The fraction of sp³-hybridized carbons (Fsp3) is 0.400. The predicted molar refractivity (Wildman–Crippen MR) is 332 cm³/mol. The number of fused-ring (bicyclic) bond motifs is 2. The van der Waals surface area contributed by atoms with Crippen LogP contribution in [0.25, 0.3) is 16.6 Å². The van der Waals surface area contributed by atoms with Crippen molar-refractivity contribution in [3.63, 3.8) is 0 Å². The summed E-state index contributed by atoms with van der Waals surface area (Å²) in [5.74, 6) is 5.00. The number of sulfonamides is 1. The van der Waals surface area contributed by atoms with E-state index in [1.165, 1.54) is 39.9 Å². The Kier molecular flexibility index (Phi) is 18.4. The van der Waals surface area contributed by atoms with Gasteiger partial charge in [-0.1, -0.05) is 55.0 Å². The van der Waals surface area contributed by atoms with Crippen molar-refractivity contribution in [1.82, 2.24) is 34.7 Å². The Labute approximate surface area is 511 Å². The molecule has 454 valence electrons. The zero-order valence-corrected chi connectivity index (χ0v) is 50.4. The Hall–Kier alpha value is -8.13. The highest BCUT2D eigenvalue weighted by atomic mass is 35.5. The van der Waals surface area contributed by atoms with Gasteiger partial charge < -0.3 is 34.5 Å². The van der Waals surface area contributed by atoms with Gasteiger partial charge in [0, 0.05) is 124 Å². The van der Waals surface area contributed by atoms with Crippen LogP contribution in [0.2, 0.25) is 5.02 Å². The minimum atomic E-state index is -4.64. The van der Waals surface area contributed by atoms with E-state index < -0.39 is 43.4 Å². The molecule has 6 aromatic rings. The van der Waals surface area contributed by atoms with Gasteiger partial charge in [0.1, 0.15) is 28.9 Å². The van der Waals surface area contributed by atoms with Gasteiger partial charge in [-0.2, -0.15) is 0 Å². The van der Waals surface area contributed by atoms with Crippen LogP contribution < -0.4 is 25.0 Å². The normalized spacial score (nSPS) is 19.1. The van der Waals surface area contributed by atoms with Crippen LogP contribution in [-0.4, -0.2) is 140 Å². The molecule has 2 unspecified atom stereocenters. The molecule has 4 aliphatic heterocycles.